The topological polar surface area (TPSA) is 180 Å². The molecule has 0 saturated heterocycles. The number of imidazole rings is 1. The van der Waals surface area contributed by atoms with Gasteiger partial charge in [-0.3, -0.25) is 14.1 Å². The molecule has 0 aliphatic rings. The summed E-state index contributed by atoms with van der Waals surface area (Å²) in [6.07, 6.45) is 0. The number of hydrogen-bond donors (Lipinski definition) is 6. The molecule has 0 bridgehead atoms. The number of guanidine groups is 1. The maximum Gasteiger partial charge on any atom is 0.394 e. The van der Waals surface area contributed by atoms with Crippen LogP contribution in [0, 0.1) is 0 Å². The van der Waals surface area contributed by atoms with E-state index in [1.54, 1.807) is 0 Å². The highest BCUT2D eigenvalue weighted by Crippen LogP contribution is 2.09. The summed E-state index contributed by atoms with van der Waals surface area (Å²) in [6.45, 7) is 1.96. The largest absolute Gasteiger partial charge is 0.394 e. The van der Waals surface area contributed by atoms with Crippen LogP contribution in [0.2, 0.25) is 0 Å². The van der Waals surface area contributed by atoms with Crippen molar-refractivity contribution >= 4 is 27.4 Å². The van der Waals surface area contributed by atoms with E-state index in [-0.39, 0.29) is 5.96 Å². The Balaban J connectivity index is 0.000000422. The Hall–Kier alpha value is -2.21. The normalized spacial score (nSPS) is 10.8. The highest BCUT2D eigenvalue weighted by molar-refractivity contribution is 7.79. The summed E-state index contributed by atoms with van der Waals surface area (Å²) in [5.74, 6) is 1.03. The Labute approximate surface area is 127 Å². The van der Waals surface area contributed by atoms with Crippen molar-refractivity contribution in [3.05, 3.63) is 30.1 Å². The maximum atomic E-state index is 8.74. The lowest BCUT2D eigenvalue weighted by Crippen LogP contribution is -2.25. The Kier molecular flexibility index (Phi) is 6.72. The van der Waals surface area contributed by atoms with Gasteiger partial charge < -0.3 is 21.8 Å². The van der Waals surface area contributed by atoms with Crippen molar-refractivity contribution in [3.63, 3.8) is 0 Å². The van der Waals surface area contributed by atoms with Crippen LogP contribution in [0.1, 0.15) is 5.82 Å². The molecule has 0 radical (unpaired) electrons. The van der Waals surface area contributed by atoms with Gasteiger partial charge in [0, 0.05) is 6.54 Å². The lowest BCUT2D eigenvalue weighted by atomic mass is 10.3. The molecule has 8 N–H and O–H groups in total. The van der Waals surface area contributed by atoms with Crippen molar-refractivity contribution < 1.29 is 17.5 Å². The van der Waals surface area contributed by atoms with E-state index in [0.717, 1.165) is 23.4 Å². The molecule has 1 aromatic carbocycles. The summed E-state index contributed by atoms with van der Waals surface area (Å²) in [6, 6.07) is 7.94. The van der Waals surface area contributed by atoms with E-state index < -0.39 is 10.4 Å². The fourth-order valence-electron chi connectivity index (χ4n) is 1.56. The maximum absolute atomic E-state index is 8.74. The molecule has 11 heteroatoms. The van der Waals surface area contributed by atoms with Crippen LogP contribution in [0.15, 0.2) is 29.3 Å². The van der Waals surface area contributed by atoms with Crippen molar-refractivity contribution in [2.75, 3.05) is 13.1 Å². The van der Waals surface area contributed by atoms with Gasteiger partial charge in [0.2, 0.25) is 0 Å². The number of fused-ring (bicyclic) bond motifs is 1. The molecule has 1 heterocycles. The van der Waals surface area contributed by atoms with Crippen LogP contribution in [-0.2, 0) is 16.9 Å². The molecule has 0 amide bonds. The summed E-state index contributed by atoms with van der Waals surface area (Å²) in [5, 5.41) is 3.21. The number of H-pyrrole nitrogens is 1. The minimum Gasteiger partial charge on any atom is -0.370 e. The number of aromatic amines is 1. The van der Waals surface area contributed by atoms with Gasteiger partial charge in [-0.2, -0.15) is 8.42 Å². The van der Waals surface area contributed by atoms with Gasteiger partial charge in [-0.1, -0.05) is 12.1 Å². The Morgan fingerprint density at radius 2 is 1.95 bits per heavy atom. The van der Waals surface area contributed by atoms with Crippen LogP contribution in [-0.4, -0.2) is 46.5 Å². The number of rotatable bonds is 5. The second-order valence-corrected chi connectivity index (χ2v) is 5.03. The molecule has 10 nitrogen and oxygen atoms in total. The molecule has 0 aliphatic heterocycles. The van der Waals surface area contributed by atoms with Gasteiger partial charge in [-0.05, 0) is 12.1 Å². The van der Waals surface area contributed by atoms with Crippen LogP contribution in [0.4, 0.5) is 0 Å². The average molecular weight is 330 g/mol. The van der Waals surface area contributed by atoms with Crippen LogP contribution in [0.25, 0.3) is 11.0 Å². The zero-order valence-corrected chi connectivity index (χ0v) is 12.4. The number of nitrogens with two attached hydrogens (primary N) is 2. The molecule has 0 fully saturated rings. The predicted octanol–water partition coefficient (Wildman–Crippen LogP) is -0.727. The lowest BCUT2D eigenvalue weighted by Gasteiger charge is -1.99. The molecule has 22 heavy (non-hydrogen) atoms. The summed E-state index contributed by atoms with van der Waals surface area (Å²) in [4.78, 5) is 11.6. The van der Waals surface area contributed by atoms with E-state index in [2.05, 4.69) is 20.3 Å². The molecule has 2 rings (SSSR count). The molecule has 122 valence electrons. The summed E-state index contributed by atoms with van der Waals surface area (Å²) >= 11 is 0. The fourth-order valence-corrected chi connectivity index (χ4v) is 1.56. The van der Waals surface area contributed by atoms with Crippen LogP contribution < -0.4 is 16.8 Å². The number of aliphatic imine (C=N–C) groups is 1. The van der Waals surface area contributed by atoms with Crippen LogP contribution in [0.3, 0.4) is 0 Å². The smallest absolute Gasteiger partial charge is 0.370 e. The van der Waals surface area contributed by atoms with Crippen LogP contribution >= 0.6 is 0 Å². The van der Waals surface area contributed by atoms with Crippen LogP contribution in [0.5, 0.6) is 0 Å². The van der Waals surface area contributed by atoms with E-state index in [4.69, 9.17) is 29.0 Å². The van der Waals surface area contributed by atoms with Gasteiger partial charge >= 0.3 is 10.4 Å². The zero-order valence-electron chi connectivity index (χ0n) is 11.6. The quantitative estimate of drug-likeness (QED) is 0.180. The second-order valence-electron chi connectivity index (χ2n) is 4.13. The molecule has 0 atom stereocenters. The Morgan fingerprint density at radius 1 is 1.32 bits per heavy atom. The molecule has 0 unspecified atom stereocenters. The first-order valence-corrected chi connectivity index (χ1v) is 7.55. The van der Waals surface area contributed by atoms with E-state index >= 15 is 0 Å². The average Bonchev–Trinajstić information content (AvgIpc) is 2.78. The Bertz CT molecular complexity index is 682. The molecule has 2 aromatic rings. The zero-order chi connectivity index (χ0) is 16.6. The van der Waals surface area contributed by atoms with E-state index in [1.165, 1.54) is 0 Å². The Morgan fingerprint density at radius 3 is 2.55 bits per heavy atom. The first kappa shape index (κ1) is 17.8. The van der Waals surface area contributed by atoms with Gasteiger partial charge in [0.15, 0.2) is 5.96 Å². The standard InChI is InChI=1S/C11H16N6.H2O4S/c12-11(13)15-6-5-14-7-10-16-8-3-1-2-4-9(8)17-10;1-5(2,3)4/h1-4,14H,5-7H2,(H,16,17)(H4,12,13,15);(H2,1,2,3,4). The minimum absolute atomic E-state index is 0.121. The number of aromatic nitrogens is 2. The van der Waals surface area contributed by atoms with Crippen molar-refractivity contribution in [2.45, 2.75) is 6.54 Å². The third-order valence-electron chi connectivity index (χ3n) is 2.31. The van der Waals surface area contributed by atoms with E-state index in [1.807, 2.05) is 24.3 Å². The fraction of sp³-hybridized carbons (Fsp3) is 0.273. The number of para-hydroxylation sites is 2. The molecular formula is C11H18N6O4S. The van der Waals surface area contributed by atoms with Gasteiger partial charge in [-0.15, -0.1) is 0 Å². The minimum atomic E-state index is -4.67. The predicted molar refractivity (Wildman–Crippen MR) is 82.7 cm³/mol. The number of benzene rings is 1. The van der Waals surface area contributed by atoms with Crippen molar-refractivity contribution in [1.29, 1.82) is 0 Å². The second kappa shape index (κ2) is 8.29. The van der Waals surface area contributed by atoms with Gasteiger partial charge in [-0.25, -0.2) is 4.98 Å². The van der Waals surface area contributed by atoms with Crippen molar-refractivity contribution in [1.82, 2.24) is 15.3 Å². The first-order valence-electron chi connectivity index (χ1n) is 6.15. The third kappa shape index (κ3) is 8.16. The van der Waals surface area contributed by atoms with Gasteiger partial charge in [0.1, 0.15) is 5.82 Å². The summed E-state index contributed by atoms with van der Waals surface area (Å²) in [5.41, 5.74) is 12.5. The highest BCUT2D eigenvalue weighted by Gasteiger charge is 2.00. The first-order chi connectivity index (χ1) is 10.3. The molecule has 1 aromatic heterocycles. The number of nitrogens with zero attached hydrogens (tertiary/aromatic N) is 2. The van der Waals surface area contributed by atoms with Gasteiger partial charge in [0.05, 0.1) is 24.1 Å². The molecule has 0 spiro atoms. The molecule has 0 saturated carbocycles. The summed E-state index contributed by atoms with van der Waals surface area (Å²) < 4.78 is 31.6. The number of hydrogen-bond acceptors (Lipinski definition) is 5. The SMILES string of the molecule is NC(N)=NCCNCc1nc2ccccc2[nH]1.O=S(=O)(O)O. The lowest BCUT2D eigenvalue weighted by molar-refractivity contribution is 0.381. The van der Waals surface area contributed by atoms with E-state index in [0.29, 0.717) is 13.1 Å². The van der Waals surface area contributed by atoms with Crippen molar-refractivity contribution in [3.8, 4) is 0 Å². The molecular weight excluding hydrogens is 312 g/mol. The highest BCUT2D eigenvalue weighted by atomic mass is 32.3. The monoisotopic (exact) mass is 330 g/mol. The molecule has 0 aliphatic carbocycles. The van der Waals surface area contributed by atoms with E-state index in [9.17, 15) is 0 Å². The van der Waals surface area contributed by atoms with Crippen molar-refractivity contribution in [2.24, 2.45) is 16.5 Å². The van der Waals surface area contributed by atoms with Gasteiger partial charge in [0.25, 0.3) is 0 Å². The third-order valence-corrected chi connectivity index (χ3v) is 2.31. The summed E-state index contributed by atoms with van der Waals surface area (Å²) in [7, 11) is -4.67. The number of nitrogens with one attached hydrogen (secondary N) is 2.